The van der Waals surface area contributed by atoms with Crippen molar-refractivity contribution in [1.82, 2.24) is 4.31 Å². The van der Waals surface area contributed by atoms with Gasteiger partial charge in [0.15, 0.2) is 0 Å². The van der Waals surface area contributed by atoms with E-state index in [0.29, 0.717) is 11.3 Å². The molecule has 2 aromatic rings. The van der Waals surface area contributed by atoms with Crippen LogP contribution in [0, 0.1) is 12.7 Å². The van der Waals surface area contributed by atoms with E-state index in [1.54, 1.807) is 32.0 Å². The van der Waals surface area contributed by atoms with Gasteiger partial charge in [-0.05, 0) is 43.7 Å². The molecule has 2 N–H and O–H groups in total. The van der Waals surface area contributed by atoms with Crippen molar-refractivity contribution in [2.75, 3.05) is 24.7 Å². The third kappa shape index (κ3) is 4.39. The highest BCUT2D eigenvalue weighted by Crippen LogP contribution is 2.23. The zero-order valence-corrected chi connectivity index (χ0v) is 15.9. The molecule has 0 unspecified atom stereocenters. The lowest BCUT2D eigenvalue weighted by molar-refractivity contribution is -0.116. The predicted octanol–water partition coefficient (Wildman–Crippen LogP) is 2.82. The number of amides is 1. The first kappa shape index (κ1) is 19.9. The van der Waals surface area contributed by atoms with Crippen molar-refractivity contribution in [2.24, 2.45) is 0 Å². The first-order chi connectivity index (χ1) is 12.1. The van der Waals surface area contributed by atoms with Crippen LogP contribution in [0.4, 0.5) is 15.8 Å². The Hall–Kier alpha value is -2.45. The fraction of sp³-hybridized carbons (Fsp3) is 0.278. The van der Waals surface area contributed by atoms with Gasteiger partial charge in [0.05, 0.1) is 10.6 Å². The Labute approximate surface area is 153 Å². The highest BCUT2D eigenvalue weighted by molar-refractivity contribution is 7.89. The van der Waals surface area contributed by atoms with E-state index < -0.39 is 27.8 Å². The first-order valence-electron chi connectivity index (χ1n) is 7.98. The smallest absolute Gasteiger partial charge is 0.246 e. The topological polar surface area (TPSA) is 78.5 Å². The average molecular weight is 379 g/mol. The molecule has 0 spiro atoms. The molecule has 0 aromatic heterocycles. The van der Waals surface area contributed by atoms with E-state index in [0.717, 1.165) is 4.31 Å². The van der Waals surface area contributed by atoms with Crippen molar-refractivity contribution in [3.05, 3.63) is 53.8 Å². The fourth-order valence-corrected chi connectivity index (χ4v) is 3.43. The lowest BCUT2D eigenvalue weighted by atomic mass is 10.2. The minimum atomic E-state index is -3.60. The van der Waals surface area contributed by atoms with Gasteiger partial charge in [-0.15, -0.1) is 0 Å². The van der Waals surface area contributed by atoms with Gasteiger partial charge in [-0.1, -0.05) is 18.2 Å². The summed E-state index contributed by atoms with van der Waals surface area (Å²) in [6, 6.07) is 10.0. The molecule has 0 saturated carbocycles. The van der Waals surface area contributed by atoms with Crippen LogP contribution in [0.15, 0.2) is 47.4 Å². The Kier molecular flexibility index (Phi) is 5.99. The van der Waals surface area contributed by atoms with Crippen molar-refractivity contribution in [3.8, 4) is 0 Å². The number of aryl methyl sites for hydroxylation is 1. The normalized spacial score (nSPS) is 12.7. The number of para-hydroxylation sites is 1. The molecule has 0 aliphatic rings. The summed E-state index contributed by atoms with van der Waals surface area (Å²) in [5.74, 6) is -0.963. The van der Waals surface area contributed by atoms with Gasteiger partial charge in [0.1, 0.15) is 11.9 Å². The number of carbonyl (C=O) groups is 1. The van der Waals surface area contributed by atoms with Crippen LogP contribution in [0.5, 0.6) is 0 Å². The Balaban J connectivity index is 2.18. The Morgan fingerprint density at radius 3 is 2.42 bits per heavy atom. The van der Waals surface area contributed by atoms with Gasteiger partial charge in [-0.2, -0.15) is 0 Å². The van der Waals surface area contributed by atoms with Crippen molar-refractivity contribution >= 4 is 27.3 Å². The minimum absolute atomic E-state index is 0.0888. The van der Waals surface area contributed by atoms with Crippen LogP contribution in [-0.2, 0) is 14.8 Å². The number of benzene rings is 2. The van der Waals surface area contributed by atoms with E-state index in [9.17, 15) is 17.6 Å². The molecule has 26 heavy (non-hydrogen) atoms. The van der Waals surface area contributed by atoms with Gasteiger partial charge in [0.25, 0.3) is 0 Å². The number of carbonyl (C=O) groups excluding carboxylic acids is 1. The molecular formula is C18H22FN3O3S. The van der Waals surface area contributed by atoms with E-state index in [-0.39, 0.29) is 10.6 Å². The van der Waals surface area contributed by atoms with Crippen molar-refractivity contribution in [3.63, 3.8) is 0 Å². The van der Waals surface area contributed by atoms with Crippen LogP contribution in [0.3, 0.4) is 0 Å². The molecule has 2 rings (SSSR count). The molecule has 0 heterocycles. The maximum Gasteiger partial charge on any atom is 0.246 e. The summed E-state index contributed by atoms with van der Waals surface area (Å²) in [4.78, 5) is 12.4. The lowest BCUT2D eigenvalue weighted by Crippen LogP contribution is -2.32. The molecule has 140 valence electrons. The second-order valence-electron chi connectivity index (χ2n) is 6.10. The average Bonchev–Trinajstić information content (AvgIpc) is 2.58. The summed E-state index contributed by atoms with van der Waals surface area (Å²) in [6.45, 7) is 3.31. The number of rotatable bonds is 6. The lowest BCUT2D eigenvalue weighted by Gasteiger charge is -2.18. The number of halogens is 1. The third-order valence-corrected chi connectivity index (χ3v) is 5.81. The van der Waals surface area contributed by atoms with Crippen LogP contribution in [0.25, 0.3) is 0 Å². The number of hydrogen-bond donors (Lipinski definition) is 2. The molecular weight excluding hydrogens is 357 g/mol. The molecule has 0 fully saturated rings. The van der Waals surface area contributed by atoms with Gasteiger partial charge >= 0.3 is 0 Å². The van der Waals surface area contributed by atoms with Crippen LogP contribution in [0.1, 0.15) is 12.5 Å². The second kappa shape index (κ2) is 7.84. The van der Waals surface area contributed by atoms with Crippen LogP contribution >= 0.6 is 0 Å². The van der Waals surface area contributed by atoms with Crippen LogP contribution in [0.2, 0.25) is 0 Å². The summed E-state index contributed by atoms with van der Waals surface area (Å²) in [6.07, 6.45) is 0. The summed E-state index contributed by atoms with van der Waals surface area (Å²) >= 11 is 0. The first-order valence-corrected chi connectivity index (χ1v) is 9.42. The molecule has 0 aliphatic heterocycles. The zero-order chi connectivity index (χ0) is 19.5. The van der Waals surface area contributed by atoms with Gasteiger partial charge in [-0.25, -0.2) is 17.1 Å². The highest BCUT2D eigenvalue weighted by Gasteiger charge is 2.21. The molecule has 8 heteroatoms. The number of sulfonamides is 1. The molecule has 0 saturated heterocycles. The van der Waals surface area contributed by atoms with Crippen molar-refractivity contribution < 1.29 is 17.6 Å². The van der Waals surface area contributed by atoms with E-state index >= 15 is 0 Å². The third-order valence-electron chi connectivity index (χ3n) is 3.85. The van der Waals surface area contributed by atoms with E-state index in [1.807, 2.05) is 0 Å². The van der Waals surface area contributed by atoms with Crippen LogP contribution in [-0.4, -0.2) is 38.8 Å². The van der Waals surface area contributed by atoms with E-state index in [4.69, 9.17) is 0 Å². The van der Waals surface area contributed by atoms with E-state index in [2.05, 4.69) is 10.6 Å². The predicted molar refractivity (Wildman–Crippen MR) is 100 cm³/mol. The zero-order valence-electron chi connectivity index (χ0n) is 15.1. The number of hydrogen-bond acceptors (Lipinski definition) is 4. The van der Waals surface area contributed by atoms with E-state index in [1.165, 1.54) is 38.4 Å². The Morgan fingerprint density at radius 2 is 1.81 bits per heavy atom. The maximum absolute atomic E-state index is 13.6. The Bertz CT molecular complexity index is 914. The number of nitrogens with one attached hydrogen (secondary N) is 2. The molecule has 1 atom stereocenters. The summed E-state index contributed by atoms with van der Waals surface area (Å²) < 4.78 is 39.5. The monoisotopic (exact) mass is 379 g/mol. The van der Waals surface area contributed by atoms with Crippen molar-refractivity contribution in [2.45, 2.75) is 24.8 Å². The Morgan fingerprint density at radius 1 is 1.15 bits per heavy atom. The molecule has 1 amide bonds. The molecule has 6 nitrogen and oxygen atoms in total. The standard InChI is InChI=1S/C18H22FN3O3S/c1-12-9-10-14(11-17(12)26(24,25)22(3)4)20-13(2)18(23)21-16-8-6-5-7-15(16)19/h5-11,13,20H,1-4H3,(H,21,23)/t13-/m0/s1. The largest absolute Gasteiger partial charge is 0.374 e. The minimum Gasteiger partial charge on any atom is -0.374 e. The quantitative estimate of drug-likeness (QED) is 0.809. The molecule has 2 aromatic carbocycles. The van der Waals surface area contributed by atoms with Gasteiger partial charge in [-0.3, -0.25) is 4.79 Å². The van der Waals surface area contributed by atoms with Gasteiger partial charge < -0.3 is 10.6 Å². The summed E-state index contributed by atoms with van der Waals surface area (Å²) in [7, 11) is -0.682. The summed E-state index contributed by atoms with van der Waals surface area (Å²) in [5.41, 5.74) is 1.17. The summed E-state index contributed by atoms with van der Waals surface area (Å²) in [5, 5.41) is 5.44. The maximum atomic E-state index is 13.6. The molecule has 0 bridgehead atoms. The second-order valence-corrected chi connectivity index (χ2v) is 8.22. The number of nitrogens with zero attached hydrogens (tertiary/aromatic N) is 1. The SMILES string of the molecule is Cc1ccc(N[C@@H](C)C(=O)Nc2ccccc2F)cc1S(=O)(=O)N(C)C. The number of anilines is 2. The fourth-order valence-electron chi connectivity index (χ4n) is 2.28. The highest BCUT2D eigenvalue weighted by atomic mass is 32.2. The van der Waals surface area contributed by atoms with Gasteiger partial charge in [0, 0.05) is 19.8 Å². The van der Waals surface area contributed by atoms with Crippen molar-refractivity contribution in [1.29, 1.82) is 0 Å². The molecule has 0 aliphatic carbocycles. The van der Waals surface area contributed by atoms with Crippen LogP contribution < -0.4 is 10.6 Å². The molecule has 0 radical (unpaired) electrons. The van der Waals surface area contributed by atoms with Gasteiger partial charge in [0.2, 0.25) is 15.9 Å².